The van der Waals surface area contributed by atoms with Crippen molar-refractivity contribution in [2.24, 2.45) is 0 Å². The molecule has 0 heterocycles. The van der Waals surface area contributed by atoms with Gasteiger partial charge in [-0.3, -0.25) is 12.6 Å². The molecule has 0 spiro atoms. The molecule has 0 saturated heterocycles. The van der Waals surface area contributed by atoms with Crippen LogP contribution in [0.5, 0.6) is 0 Å². The van der Waals surface area contributed by atoms with Crippen LogP contribution in [0.1, 0.15) is 0 Å². The van der Waals surface area contributed by atoms with Gasteiger partial charge in [0, 0.05) is 0 Å². The second-order valence-electron chi connectivity index (χ2n) is 0.612. The quantitative estimate of drug-likeness (QED) is 0.242. The third kappa shape index (κ3) is 162. The van der Waals surface area contributed by atoms with Crippen molar-refractivity contribution in [3.05, 3.63) is 0 Å². The van der Waals surface area contributed by atoms with Gasteiger partial charge in [0.25, 0.3) is 0 Å². The van der Waals surface area contributed by atoms with Crippen LogP contribution in [0.4, 0.5) is 0 Å². The Morgan fingerprint density at radius 2 is 0.389 bits per heavy atom. The first kappa shape index (κ1) is 56.6. The Morgan fingerprint density at radius 3 is 0.389 bits per heavy atom. The van der Waals surface area contributed by atoms with Gasteiger partial charge in [-0.2, -0.15) is 0 Å². The van der Waals surface area contributed by atoms with Crippen molar-refractivity contribution < 1.29 is 348 Å². The third-order valence-electron chi connectivity index (χ3n) is 0. The summed E-state index contributed by atoms with van der Waals surface area (Å²) in [5, 5.41) is 0. The van der Waals surface area contributed by atoms with Gasteiger partial charge in [0.05, 0.1) is 0 Å². The van der Waals surface area contributed by atoms with Crippen LogP contribution < -0.4 is 308 Å². The van der Waals surface area contributed by atoms with E-state index in [1.807, 2.05) is 0 Å². The second-order valence-corrected chi connectivity index (χ2v) is 1.84. The fourth-order valence-corrected chi connectivity index (χ4v) is 0. The summed E-state index contributed by atoms with van der Waals surface area (Å²) in [6.07, 6.45) is 0. The maximum atomic E-state index is 8.44. The van der Waals surface area contributed by atoms with E-state index in [0.717, 1.165) is 0 Å². The van der Waals surface area contributed by atoms with Crippen molar-refractivity contribution in [1.29, 1.82) is 0 Å². The Morgan fingerprint density at radius 1 is 0.389 bits per heavy atom. The molecule has 9 nitrogen and oxygen atoms in total. The smallest absolute Gasteiger partial charge is 0.784 e. The molecule has 78 valence electrons. The molecule has 0 aromatic carbocycles. The van der Waals surface area contributed by atoms with Crippen LogP contribution in [-0.4, -0.2) is 39.9 Å². The van der Waals surface area contributed by atoms with E-state index in [0.29, 0.717) is 0 Å². The first-order chi connectivity index (χ1) is 5.20. The molecule has 0 bridgehead atoms. The average Bonchev–Trinajstić information content (AvgIpc) is 1.54. The van der Waals surface area contributed by atoms with Gasteiger partial charge >= 0.3 is 308 Å². The molecule has 0 aromatic heterocycles. The molecule has 0 unspecified atom stereocenters. The monoisotopic (exact) mass is 474 g/mol. The van der Waals surface area contributed by atoms with Gasteiger partial charge in [-0.05, 0) is 0 Å². The van der Waals surface area contributed by atoms with Crippen molar-refractivity contribution in [3.63, 3.8) is 0 Å². The van der Waals surface area contributed by atoms with E-state index in [-0.39, 0.29) is 308 Å². The van der Waals surface area contributed by atoms with Gasteiger partial charge < -0.3 is 27.3 Å². The minimum atomic E-state index is -3.11. The van der Waals surface area contributed by atoms with Gasteiger partial charge in [-0.15, -0.1) is 34.1 Å². The summed E-state index contributed by atoms with van der Waals surface area (Å²) in [7, 11) is 0. The summed E-state index contributed by atoms with van der Waals surface area (Å²) in [5.41, 5.74) is 0. The standard InChI is InChI=1S/6K.3H2O3S/c;;;;;;3*1-4(2)3/h;;;;;;3*(H2,1,2,3)/q6*+1;;;/p-6. The first-order valence-electron chi connectivity index (χ1n) is 1.50. The van der Waals surface area contributed by atoms with Crippen LogP contribution in [0.2, 0.25) is 0 Å². The molecule has 0 fully saturated rings. The predicted molar refractivity (Wildman–Crippen MR) is 29.1 cm³/mol. The molecule has 0 N–H and O–H groups in total. The summed E-state index contributed by atoms with van der Waals surface area (Å²) in [6.45, 7) is 0. The van der Waals surface area contributed by atoms with Gasteiger partial charge in [-0.25, -0.2) is 0 Å². The molecule has 0 radical (unpaired) electrons. The van der Waals surface area contributed by atoms with Crippen LogP contribution in [0, 0.1) is 0 Å². The van der Waals surface area contributed by atoms with Gasteiger partial charge in [-0.1, -0.05) is 0 Å². The van der Waals surface area contributed by atoms with Crippen LogP contribution >= 0.6 is 0 Å². The Kier molecular flexibility index (Phi) is 159. The van der Waals surface area contributed by atoms with Gasteiger partial charge in [0.15, 0.2) is 0 Å². The topological polar surface area (TPSA) is 190 Å². The van der Waals surface area contributed by atoms with E-state index in [1.54, 1.807) is 0 Å². The molecule has 0 aliphatic rings. The van der Waals surface area contributed by atoms with Crippen molar-refractivity contribution in [2.75, 3.05) is 0 Å². The van der Waals surface area contributed by atoms with E-state index < -0.39 is 34.1 Å². The summed E-state index contributed by atoms with van der Waals surface area (Å²) in [5.74, 6) is 0. The SMILES string of the molecule is O=S([O-])[O-].O=S([O-])[O-].O=S([O-])[O-].[K+].[K+].[K+].[K+].[K+].[K+]. The second kappa shape index (κ2) is 50.6. The van der Waals surface area contributed by atoms with Crippen molar-refractivity contribution in [1.82, 2.24) is 0 Å². The fourth-order valence-electron chi connectivity index (χ4n) is 0. The molecular formula is K6O9S3. The van der Waals surface area contributed by atoms with E-state index in [4.69, 9.17) is 39.9 Å². The third-order valence-corrected chi connectivity index (χ3v) is 0. The number of hydrogen-bond donors (Lipinski definition) is 0. The maximum absolute atomic E-state index is 8.44. The summed E-state index contributed by atoms with van der Waals surface area (Å²) in [4.78, 5) is 0. The zero-order chi connectivity index (χ0) is 10.7. The van der Waals surface area contributed by atoms with E-state index >= 15 is 0 Å². The summed E-state index contributed by atoms with van der Waals surface area (Å²) in [6, 6.07) is 0. The minimum absolute atomic E-state index is 0. The molecule has 0 aliphatic heterocycles. The molecule has 0 amide bonds. The maximum Gasteiger partial charge on any atom is 1.00 e. The van der Waals surface area contributed by atoms with Crippen molar-refractivity contribution in [2.45, 2.75) is 0 Å². The Balaban J connectivity index is -0.00000000827. The molecule has 0 saturated carbocycles. The van der Waals surface area contributed by atoms with E-state index in [2.05, 4.69) is 0 Å². The number of rotatable bonds is 0. The largest absolute Gasteiger partial charge is 1.00 e. The molecule has 18 heteroatoms. The molecular weight excluding hydrogens is 475 g/mol. The Hall–Kier alpha value is 10.0. The molecule has 0 aromatic rings. The van der Waals surface area contributed by atoms with Crippen LogP contribution in [0.3, 0.4) is 0 Å². The zero-order valence-electron chi connectivity index (χ0n) is 10.9. The van der Waals surface area contributed by atoms with E-state index in [9.17, 15) is 0 Å². The fraction of sp³-hybridized carbons (Fsp3) is 0. The van der Waals surface area contributed by atoms with E-state index in [1.165, 1.54) is 0 Å². The summed E-state index contributed by atoms with van der Waals surface area (Å²) >= 11 is -9.33. The Bertz CT molecular complexity index is 124. The zero-order valence-corrected chi connectivity index (χ0v) is 32.1. The van der Waals surface area contributed by atoms with Gasteiger partial charge in [0.1, 0.15) is 0 Å². The van der Waals surface area contributed by atoms with Gasteiger partial charge in [0.2, 0.25) is 0 Å². The average molecular weight is 475 g/mol. The molecule has 0 atom stereocenters. The Labute approximate surface area is 368 Å². The molecule has 18 heavy (non-hydrogen) atoms. The summed E-state index contributed by atoms with van der Waals surface area (Å²) < 4.78 is 76.0. The molecule has 0 rings (SSSR count). The van der Waals surface area contributed by atoms with Crippen molar-refractivity contribution >= 4 is 34.1 Å². The number of hydrogen-bond acceptors (Lipinski definition) is 9. The van der Waals surface area contributed by atoms with Crippen LogP contribution in [0.25, 0.3) is 0 Å². The molecule has 0 aliphatic carbocycles. The van der Waals surface area contributed by atoms with Crippen molar-refractivity contribution in [3.8, 4) is 0 Å². The normalized spacial score (nSPS) is 5.83. The predicted octanol–water partition coefficient (Wildman–Crippen LogP) is -21.0. The minimum Gasteiger partial charge on any atom is -0.784 e. The first-order valence-corrected chi connectivity index (χ1v) is 4.50. The van der Waals surface area contributed by atoms with Crippen LogP contribution in [-0.2, 0) is 34.1 Å². The van der Waals surface area contributed by atoms with Crippen LogP contribution in [0.15, 0.2) is 0 Å².